The van der Waals surface area contributed by atoms with Gasteiger partial charge in [0.25, 0.3) is 5.91 Å². The molecule has 0 saturated heterocycles. The first kappa shape index (κ1) is 18.4. The van der Waals surface area contributed by atoms with E-state index in [2.05, 4.69) is 36.9 Å². The van der Waals surface area contributed by atoms with Crippen LogP contribution in [0.15, 0.2) is 58.4 Å². The van der Waals surface area contributed by atoms with Crippen LogP contribution in [0.5, 0.6) is 0 Å². The zero-order chi connectivity index (χ0) is 18.5. The molecule has 1 aromatic heterocycles. The summed E-state index contributed by atoms with van der Waals surface area (Å²) < 4.78 is 0.856. The molecule has 3 N–H and O–H groups in total. The van der Waals surface area contributed by atoms with Crippen molar-refractivity contribution in [3.05, 3.63) is 69.1 Å². The summed E-state index contributed by atoms with van der Waals surface area (Å²) in [5.74, 6) is -0.356. The minimum atomic E-state index is -0.458. The fourth-order valence-corrected chi connectivity index (χ4v) is 3.20. The summed E-state index contributed by atoms with van der Waals surface area (Å²) in [6.07, 6.45) is 0. The van der Waals surface area contributed by atoms with Gasteiger partial charge in [-0.15, -0.1) is 11.3 Å². The first-order chi connectivity index (χ1) is 12.5. The molecule has 0 aliphatic rings. The molecule has 6 nitrogen and oxygen atoms in total. The Hall–Kier alpha value is -2.42. The summed E-state index contributed by atoms with van der Waals surface area (Å²) in [6, 6.07) is 13.5. The van der Waals surface area contributed by atoms with Gasteiger partial charge < -0.3 is 10.6 Å². The van der Waals surface area contributed by atoms with E-state index in [4.69, 9.17) is 11.6 Å². The van der Waals surface area contributed by atoms with Gasteiger partial charge in [0.15, 0.2) is 5.13 Å². The van der Waals surface area contributed by atoms with Crippen molar-refractivity contribution >= 4 is 67.3 Å². The van der Waals surface area contributed by atoms with Gasteiger partial charge >= 0.3 is 6.03 Å². The van der Waals surface area contributed by atoms with E-state index >= 15 is 0 Å². The number of carbonyl (C=O) groups excluding carboxylic acids is 2. The molecule has 0 fully saturated rings. The van der Waals surface area contributed by atoms with E-state index in [0.29, 0.717) is 21.5 Å². The molecule has 9 heteroatoms. The van der Waals surface area contributed by atoms with E-state index in [1.807, 2.05) is 12.1 Å². The van der Waals surface area contributed by atoms with Crippen molar-refractivity contribution in [3.63, 3.8) is 0 Å². The molecule has 0 aliphatic carbocycles. The van der Waals surface area contributed by atoms with Gasteiger partial charge in [0.05, 0.1) is 0 Å². The Kier molecular flexibility index (Phi) is 5.87. The van der Waals surface area contributed by atoms with Gasteiger partial charge in [0, 0.05) is 26.3 Å². The summed E-state index contributed by atoms with van der Waals surface area (Å²) in [7, 11) is 0. The highest BCUT2D eigenvalue weighted by atomic mass is 79.9. The first-order valence-corrected chi connectivity index (χ1v) is 9.41. The van der Waals surface area contributed by atoms with Crippen LogP contribution in [0.25, 0.3) is 0 Å². The molecule has 0 bridgehead atoms. The lowest BCUT2D eigenvalue weighted by Gasteiger charge is -2.05. The Bertz CT molecular complexity index is 946. The van der Waals surface area contributed by atoms with Crippen LogP contribution in [0, 0.1) is 0 Å². The van der Waals surface area contributed by atoms with Crippen LogP contribution in [0.2, 0.25) is 5.02 Å². The number of aromatic nitrogens is 1. The number of carbonyl (C=O) groups is 2. The maximum Gasteiger partial charge on any atom is 0.325 e. The van der Waals surface area contributed by atoms with E-state index in [0.717, 1.165) is 15.8 Å². The first-order valence-electron chi connectivity index (χ1n) is 7.35. The Morgan fingerprint density at radius 2 is 1.77 bits per heavy atom. The number of benzene rings is 2. The van der Waals surface area contributed by atoms with Gasteiger partial charge in [0.1, 0.15) is 5.69 Å². The van der Waals surface area contributed by atoms with Crippen LogP contribution in [0.1, 0.15) is 10.5 Å². The molecule has 1 heterocycles. The standard InChI is InChI=1S/C17H12BrClN4O2S/c18-10-2-1-3-13(8-10)20-15(24)14-9-26-17(22-14)23-16(25)21-12-6-4-11(19)5-7-12/h1-9H,(H,20,24)(H2,21,22,23,25). The van der Waals surface area contributed by atoms with Crippen molar-refractivity contribution in [3.8, 4) is 0 Å². The predicted octanol–water partition coefficient (Wildman–Crippen LogP) is 5.46. The third-order valence-electron chi connectivity index (χ3n) is 3.14. The van der Waals surface area contributed by atoms with Gasteiger partial charge in [-0.25, -0.2) is 9.78 Å². The van der Waals surface area contributed by atoms with Crippen molar-refractivity contribution in [2.75, 3.05) is 16.0 Å². The van der Waals surface area contributed by atoms with Gasteiger partial charge in [-0.1, -0.05) is 33.6 Å². The van der Waals surface area contributed by atoms with Crippen molar-refractivity contribution < 1.29 is 9.59 Å². The smallest absolute Gasteiger partial charge is 0.321 e. The van der Waals surface area contributed by atoms with Gasteiger partial charge in [-0.05, 0) is 42.5 Å². The van der Waals surface area contributed by atoms with Gasteiger partial charge in [-0.3, -0.25) is 10.1 Å². The highest BCUT2D eigenvalue weighted by Crippen LogP contribution is 2.20. The fraction of sp³-hybridized carbons (Fsp3) is 0. The lowest BCUT2D eigenvalue weighted by molar-refractivity contribution is 0.102. The normalized spacial score (nSPS) is 10.2. The second kappa shape index (κ2) is 8.31. The van der Waals surface area contributed by atoms with E-state index in [1.165, 1.54) is 0 Å². The van der Waals surface area contributed by atoms with Crippen LogP contribution in [-0.2, 0) is 0 Å². The third-order valence-corrected chi connectivity index (χ3v) is 4.64. The Balaban J connectivity index is 1.59. The van der Waals surface area contributed by atoms with Crippen molar-refractivity contribution in [2.45, 2.75) is 0 Å². The van der Waals surface area contributed by atoms with Gasteiger partial charge in [0.2, 0.25) is 0 Å². The molecule has 2 aromatic carbocycles. The Morgan fingerprint density at radius 3 is 2.50 bits per heavy atom. The number of amides is 3. The number of nitrogens with one attached hydrogen (secondary N) is 3. The molecule has 132 valence electrons. The number of hydrogen-bond acceptors (Lipinski definition) is 4. The predicted molar refractivity (Wildman–Crippen MR) is 108 cm³/mol. The minimum Gasteiger partial charge on any atom is -0.321 e. The number of nitrogens with zero attached hydrogens (tertiary/aromatic N) is 1. The second-order valence-electron chi connectivity index (χ2n) is 5.09. The molecule has 0 aliphatic heterocycles. The second-order valence-corrected chi connectivity index (χ2v) is 7.30. The maximum atomic E-state index is 12.2. The minimum absolute atomic E-state index is 0.219. The molecular formula is C17H12BrClN4O2S. The summed E-state index contributed by atoms with van der Waals surface area (Å²) in [4.78, 5) is 28.3. The van der Waals surface area contributed by atoms with Gasteiger partial charge in [-0.2, -0.15) is 0 Å². The molecule has 0 unspecified atom stereocenters. The number of anilines is 3. The SMILES string of the molecule is O=C(Nc1ccc(Cl)cc1)Nc1nc(C(=O)Nc2cccc(Br)c2)cs1. The Morgan fingerprint density at radius 1 is 1.00 bits per heavy atom. The summed E-state index contributed by atoms with van der Waals surface area (Å²) in [5.41, 5.74) is 1.46. The largest absolute Gasteiger partial charge is 0.325 e. The third kappa shape index (κ3) is 5.04. The molecule has 3 amide bonds. The monoisotopic (exact) mass is 450 g/mol. The molecule has 0 spiro atoms. The van der Waals surface area contributed by atoms with Crippen LogP contribution < -0.4 is 16.0 Å². The molecule has 0 saturated carbocycles. The average molecular weight is 452 g/mol. The number of hydrogen-bond donors (Lipinski definition) is 3. The highest BCUT2D eigenvalue weighted by molar-refractivity contribution is 9.10. The van der Waals surface area contributed by atoms with Crippen LogP contribution in [0.3, 0.4) is 0 Å². The lowest BCUT2D eigenvalue weighted by Crippen LogP contribution is -2.19. The summed E-state index contributed by atoms with van der Waals surface area (Å²) >= 11 is 10.3. The maximum absolute atomic E-state index is 12.2. The molecular weight excluding hydrogens is 440 g/mol. The van der Waals surface area contributed by atoms with E-state index < -0.39 is 6.03 Å². The molecule has 26 heavy (non-hydrogen) atoms. The van der Waals surface area contributed by atoms with Crippen molar-refractivity contribution in [1.29, 1.82) is 0 Å². The van der Waals surface area contributed by atoms with E-state index in [1.54, 1.807) is 41.8 Å². The quantitative estimate of drug-likeness (QED) is 0.493. The lowest BCUT2D eigenvalue weighted by atomic mass is 10.3. The molecule has 0 atom stereocenters. The number of thiazole rings is 1. The van der Waals surface area contributed by atoms with Crippen LogP contribution in [0.4, 0.5) is 21.3 Å². The number of halogens is 2. The average Bonchev–Trinajstić information content (AvgIpc) is 3.05. The molecule has 3 rings (SSSR count). The van der Waals surface area contributed by atoms with E-state index in [9.17, 15) is 9.59 Å². The summed E-state index contributed by atoms with van der Waals surface area (Å²) in [6.45, 7) is 0. The number of urea groups is 1. The fourth-order valence-electron chi connectivity index (χ4n) is 1.99. The highest BCUT2D eigenvalue weighted by Gasteiger charge is 2.13. The zero-order valence-electron chi connectivity index (χ0n) is 13.1. The zero-order valence-corrected chi connectivity index (χ0v) is 16.3. The molecule has 3 aromatic rings. The number of rotatable bonds is 4. The topological polar surface area (TPSA) is 83.1 Å². The molecule has 0 radical (unpaired) electrons. The van der Waals surface area contributed by atoms with Crippen LogP contribution in [-0.4, -0.2) is 16.9 Å². The van der Waals surface area contributed by atoms with Crippen molar-refractivity contribution in [1.82, 2.24) is 4.98 Å². The Labute approximate surface area is 166 Å². The van der Waals surface area contributed by atoms with Crippen molar-refractivity contribution in [2.24, 2.45) is 0 Å². The summed E-state index contributed by atoms with van der Waals surface area (Å²) in [5, 5.41) is 10.5. The van der Waals surface area contributed by atoms with Crippen LogP contribution >= 0.6 is 38.9 Å². The van der Waals surface area contributed by atoms with E-state index in [-0.39, 0.29) is 11.6 Å².